The van der Waals surface area contributed by atoms with Gasteiger partial charge in [0, 0.05) is 68.3 Å². The van der Waals surface area contributed by atoms with E-state index in [0.717, 1.165) is 96.7 Å². The minimum atomic E-state index is -3.97. The van der Waals surface area contributed by atoms with Crippen LogP contribution in [-0.2, 0) is 40.9 Å². The number of carbonyl (C=O) groups excluding carboxylic acids is 2. The second-order valence-electron chi connectivity index (χ2n) is 16.8. The largest absolute Gasteiger partial charge is 0.490 e. The number of nitrogens with zero attached hydrogens (tertiary/aromatic N) is 2. The third-order valence-electron chi connectivity index (χ3n) is 13.4. The van der Waals surface area contributed by atoms with Crippen LogP contribution in [0.4, 0.5) is 5.69 Å². The van der Waals surface area contributed by atoms with Crippen molar-refractivity contribution in [2.24, 2.45) is 17.8 Å². The average molecular weight is 827 g/mol. The normalized spacial score (nSPS) is 32.7. The molecule has 312 valence electrons. The lowest BCUT2D eigenvalue weighted by Crippen LogP contribution is -2.53. The van der Waals surface area contributed by atoms with Gasteiger partial charge in [-0.1, -0.05) is 30.7 Å². The summed E-state index contributed by atoms with van der Waals surface area (Å²) in [5.41, 5.74) is 2.05. The fourth-order valence-electron chi connectivity index (χ4n) is 9.55. The molecule has 0 unspecified atom stereocenters. The van der Waals surface area contributed by atoms with E-state index in [9.17, 15) is 18.0 Å². The van der Waals surface area contributed by atoms with Gasteiger partial charge >= 0.3 is 0 Å². The number of allylic oxidation sites excluding steroid dienone is 1. The van der Waals surface area contributed by atoms with E-state index in [-0.39, 0.29) is 28.7 Å². The van der Waals surface area contributed by atoms with Crippen LogP contribution in [0.5, 0.6) is 5.75 Å². The summed E-state index contributed by atoms with van der Waals surface area (Å²) >= 11 is 6.40. The molecular formula is C43H59ClN4O8S. The number of rotatable bonds is 3. The smallest absolute Gasteiger partial charge is 0.264 e. The number of amides is 1. The number of methoxy groups -OCH3 is 1. The van der Waals surface area contributed by atoms with E-state index in [1.165, 1.54) is 11.1 Å². The summed E-state index contributed by atoms with van der Waals surface area (Å²) < 4.78 is 52.3. The Morgan fingerprint density at radius 1 is 1.04 bits per heavy atom. The number of anilines is 1. The van der Waals surface area contributed by atoms with Crippen LogP contribution >= 0.6 is 11.6 Å². The van der Waals surface area contributed by atoms with E-state index >= 15 is 0 Å². The van der Waals surface area contributed by atoms with Crippen molar-refractivity contribution < 1.29 is 37.0 Å². The summed E-state index contributed by atoms with van der Waals surface area (Å²) in [6.45, 7) is 12.8. The van der Waals surface area contributed by atoms with Crippen LogP contribution in [0.3, 0.4) is 0 Å². The molecule has 1 saturated carbocycles. The second-order valence-corrected chi connectivity index (χ2v) is 19.3. The standard InChI is InChI=1S/C34H41ClN2O6S.C9H18N2O2/c1-22-6-4-15-34(20-38,42-3)29-11-8-26(29)18-37-19-33(14-5-7-24-16-27(35)10-12-28(24)33)21-43-31-13-9-25(17-30(31)37)32(39)36-44(40,41)23(22)2;1-3-11(4-2-10-1)9-7-12-5-6-13-8-9/h4,9-10,12-13,15-17,20,22-23,26,29H,5-8,11,14,18-19,21H2,1-3H3,(H,36,39);9-10H,1-8H2/b15-4+;/t22-,23+,26-,29+,33-,34+;/m0./s1. The van der Waals surface area contributed by atoms with Gasteiger partial charge in [-0.3, -0.25) is 14.5 Å². The Morgan fingerprint density at radius 2 is 1.81 bits per heavy atom. The molecule has 57 heavy (non-hydrogen) atoms. The van der Waals surface area contributed by atoms with E-state index in [2.05, 4.69) is 32.0 Å². The molecule has 1 spiro atoms. The molecule has 8 rings (SSSR count). The first-order valence-corrected chi connectivity index (χ1v) is 22.6. The molecule has 2 aromatic carbocycles. The molecular weight excluding hydrogens is 768 g/mol. The molecule has 12 nitrogen and oxygen atoms in total. The average Bonchev–Trinajstić information content (AvgIpc) is 3.57. The van der Waals surface area contributed by atoms with Crippen LogP contribution in [-0.4, -0.2) is 122 Å². The second kappa shape index (κ2) is 18.1. The van der Waals surface area contributed by atoms with Gasteiger partial charge in [0.1, 0.15) is 11.4 Å². The van der Waals surface area contributed by atoms with Crippen LogP contribution < -0.4 is 19.7 Å². The summed E-state index contributed by atoms with van der Waals surface area (Å²) in [4.78, 5) is 30.8. The van der Waals surface area contributed by atoms with Crippen molar-refractivity contribution in [3.8, 4) is 5.75 Å². The Hall–Kier alpha value is -3.04. The third kappa shape index (κ3) is 9.10. The predicted octanol–water partition coefficient (Wildman–Crippen LogP) is 4.77. The monoisotopic (exact) mass is 826 g/mol. The Labute approximate surface area is 343 Å². The molecule has 14 heteroatoms. The summed E-state index contributed by atoms with van der Waals surface area (Å²) in [7, 11) is -2.41. The van der Waals surface area contributed by atoms with Crippen molar-refractivity contribution in [2.45, 2.75) is 74.7 Å². The van der Waals surface area contributed by atoms with Gasteiger partial charge in [0.15, 0.2) is 6.29 Å². The number of carbonyl (C=O) groups is 2. The third-order valence-corrected chi connectivity index (χ3v) is 15.5. The Kier molecular flexibility index (Phi) is 13.3. The number of piperazine rings is 1. The van der Waals surface area contributed by atoms with Crippen LogP contribution in [0.2, 0.25) is 5.02 Å². The lowest BCUT2D eigenvalue weighted by molar-refractivity contribution is -0.135. The highest BCUT2D eigenvalue weighted by Gasteiger charge is 2.49. The minimum absolute atomic E-state index is 0.0434. The molecule has 2 bridgehead atoms. The summed E-state index contributed by atoms with van der Waals surface area (Å²) in [6.07, 6.45) is 9.65. The van der Waals surface area contributed by atoms with Crippen molar-refractivity contribution in [3.63, 3.8) is 0 Å². The van der Waals surface area contributed by atoms with Crippen molar-refractivity contribution in [1.82, 2.24) is 14.9 Å². The lowest BCUT2D eigenvalue weighted by Gasteiger charge is -2.48. The highest BCUT2D eigenvalue weighted by atomic mass is 35.5. The minimum Gasteiger partial charge on any atom is -0.490 e. The molecule has 2 aliphatic carbocycles. The maximum absolute atomic E-state index is 13.4. The molecule has 1 amide bonds. The van der Waals surface area contributed by atoms with E-state index in [4.69, 9.17) is 30.5 Å². The first kappa shape index (κ1) is 42.1. The lowest BCUT2D eigenvalue weighted by atomic mass is 9.64. The number of hydrogen-bond acceptors (Lipinski definition) is 11. The van der Waals surface area contributed by atoms with Crippen LogP contribution in [0, 0.1) is 17.8 Å². The maximum Gasteiger partial charge on any atom is 0.264 e. The van der Waals surface area contributed by atoms with Crippen LogP contribution in [0.15, 0.2) is 48.6 Å². The highest BCUT2D eigenvalue weighted by molar-refractivity contribution is 7.90. The van der Waals surface area contributed by atoms with Gasteiger partial charge in [-0.25, -0.2) is 13.1 Å². The molecule has 2 N–H and O–H groups in total. The van der Waals surface area contributed by atoms with E-state index < -0.39 is 26.8 Å². The van der Waals surface area contributed by atoms with E-state index in [1.807, 2.05) is 25.1 Å². The van der Waals surface area contributed by atoms with Crippen molar-refractivity contribution in [1.29, 1.82) is 0 Å². The zero-order valence-electron chi connectivity index (χ0n) is 33.6. The van der Waals surface area contributed by atoms with E-state index in [0.29, 0.717) is 42.9 Å². The number of aldehydes is 1. The van der Waals surface area contributed by atoms with Crippen molar-refractivity contribution >= 4 is 39.5 Å². The van der Waals surface area contributed by atoms with Gasteiger partial charge in [0.25, 0.3) is 5.91 Å². The first-order valence-electron chi connectivity index (χ1n) is 20.6. The number of fused-ring (bicyclic) bond motifs is 4. The van der Waals surface area contributed by atoms with Gasteiger partial charge in [-0.05, 0) is 105 Å². The predicted molar refractivity (Wildman–Crippen MR) is 221 cm³/mol. The summed E-state index contributed by atoms with van der Waals surface area (Å²) in [5.74, 6) is -0.203. The molecule has 4 heterocycles. The Balaban J connectivity index is 0.000000322. The Bertz CT molecular complexity index is 1880. The summed E-state index contributed by atoms with van der Waals surface area (Å²) in [5, 5.41) is 3.22. The zero-order valence-corrected chi connectivity index (χ0v) is 35.1. The quantitative estimate of drug-likeness (QED) is 0.327. The van der Waals surface area contributed by atoms with Gasteiger partial charge in [-0.2, -0.15) is 0 Å². The number of ether oxygens (including phenoxy) is 4. The molecule has 6 atom stereocenters. The van der Waals surface area contributed by atoms with Gasteiger partial charge in [0.2, 0.25) is 10.0 Å². The molecule has 4 aliphatic heterocycles. The van der Waals surface area contributed by atoms with Crippen LogP contribution in [0.25, 0.3) is 0 Å². The maximum atomic E-state index is 13.4. The number of halogens is 1. The van der Waals surface area contributed by atoms with Crippen molar-refractivity contribution in [2.75, 3.05) is 84.3 Å². The SMILES string of the molecule is C1CN(C2COCCOC2)CCN1.CO[C@@]1(C=O)/C=C/C[C@H](C)[C@@H](C)S(=O)(=O)NC(=O)c2ccc3c(c2)N(C[C@@H]2CC[C@H]21)C[C@@]1(CCCc2cc(Cl)ccc21)CO3. The molecule has 2 aromatic rings. The van der Waals surface area contributed by atoms with Crippen LogP contribution in [0.1, 0.15) is 67.4 Å². The van der Waals surface area contributed by atoms with Gasteiger partial charge in [0.05, 0.1) is 50.0 Å². The summed E-state index contributed by atoms with van der Waals surface area (Å²) in [6, 6.07) is 11.7. The van der Waals surface area contributed by atoms with E-state index in [1.54, 1.807) is 32.2 Å². The number of nitrogens with one attached hydrogen (secondary N) is 2. The number of hydrogen-bond donors (Lipinski definition) is 2. The van der Waals surface area contributed by atoms with Crippen molar-refractivity contribution in [3.05, 3.63) is 70.3 Å². The van der Waals surface area contributed by atoms with Gasteiger partial charge in [-0.15, -0.1) is 0 Å². The zero-order chi connectivity index (χ0) is 40.2. The fourth-order valence-corrected chi connectivity index (χ4v) is 11.0. The molecule has 6 aliphatic rings. The molecule has 0 aromatic heterocycles. The Morgan fingerprint density at radius 3 is 2.51 bits per heavy atom. The first-order chi connectivity index (χ1) is 27.5. The topological polar surface area (TPSA) is 136 Å². The highest BCUT2D eigenvalue weighted by Crippen LogP contribution is 2.48. The molecule has 2 saturated heterocycles. The fraction of sp³-hybridized carbons (Fsp3) is 0.628. The molecule has 3 fully saturated rings. The number of aryl methyl sites for hydroxylation is 1. The number of sulfonamides is 1. The molecule has 0 radical (unpaired) electrons. The van der Waals surface area contributed by atoms with Gasteiger partial charge < -0.3 is 29.2 Å². The number of benzene rings is 2.